The smallest absolute Gasteiger partial charge is 0.131 e. The molecule has 0 radical (unpaired) electrons. The molecule has 0 unspecified atom stereocenters. The second kappa shape index (κ2) is 4.46. The van der Waals surface area contributed by atoms with E-state index in [1.165, 1.54) is 0 Å². The molecule has 0 aromatic heterocycles. The molecule has 16 heavy (non-hydrogen) atoms. The SMILES string of the molecule is Cc1c(Br)ccc(C2(CN)CCCC2)c1F. The molecule has 1 nitrogen and oxygen atoms in total. The molecular weight excluding hydrogens is 269 g/mol. The van der Waals surface area contributed by atoms with Crippen molar-refractivity contribution in [3.63, 3.8) is 0 Å². The molecule has 2 rings (SSSR count). The molecule has 0 atom stereocenters. The summed E-state index contributed by atoms with van der Waals surface area (Å²) in [7, 11) is 0. The Bertz CT molecular complexity index is 397. The lowest BCUT2D eigenvalue weighted by molar-refractivity contribution is 0.425. The van der Waals surface area contributed by atoms with Gasteiger partial charge in [-0.3, -0.25) is 0 Å². The molecule has 1 aliphatic rings. The molecule has 0 bridgehead atoms. The van der Waals surface area contributed by atoms with E-state index in [2.05, 4.69) is 15.9 Å². The number of nitrogens with two attached hydrogens (primary N) is 1. The van der Waals surface area contributed by atoms with Gasteiger partial charge in [0, 0.05) is 16.4 Å². The number of hydrogen-bond donors (Lipinski definition) is 1. The summed E-state index contributed by atoms with van der Waals surface area (Å²) in [6.45, 7) is 2.35. The lowest BCUT2D eigenvalue weighted by atomic mass is 9.78. The van der Waals surface area contributed by atoms with Gasteiger partial charge in [-0.2, -0.15) is 0 Å². The highest BCUT2D eigenvalue weighted by atomic mass is 79.9. The molecule has 1 aliphatic carbocycles. The normalized spacial score (nSPS) is 19.0. The van der Waals surface area contributed by atoms with Crippen LogP contribution in [0.1, 0.15) is 36.8 Å². The van der Waals surface area contributed by atoms with E-state index >= 15 is 0 Å². The first-order chi connectivity index (χ1) is 7.60. The summed E-state index contributed by atoms with van der Waals surface area (Å²) in [6.07, 6.45) is 4.35. The van der Waals surface area contributed by atoms with E-state index in [1.807, 2.05) is 19.1 Å². The van der Waals surface area contributed by atoms with Crippen molar-refractivity contribution in [3.8, 4) is 0 Å². The van der Waals surface area contributed by atoms with Crippen LogP contribution >= 0.6 is 15.9 Å². The molecule has 88 valence electrons. The minimum atomic E-state index is -0.116. The Balaban J connectivity index is 2.51. The van der Waals surface area contributed by atoms with Crippen LogP contribution in [-0.4, -0.2) is 6.54 Å². The highest BCUT2D eigenvalue weighted by molar-refractivity contribution is 9.10. The largest absolute Gasteiger partial charge is 0.330 e. The van der Waals surface area contributed by atoms with E-state index in [0.29, 0.717) is 12.1 Å². The molecule has 0 amide bonds. The van der Waals surface area contributed by atoms with Gasteiger partial charge in [0.05, 0.1) is 0 Å². The maximum atomic E-state index is 14.3. The van der Waals surface area contributed by atoms with Gasteiger partial charge in [0.25, 0.3) is 0 Å². The zero-order valence-corrected chi connectivity index (χ0v) is 11.1. The van der Waals surface area contributed by atoms with Crippen LogP contribution in [0.15, 0.2) is 16.6 Å². The summed E-state index contributed by atoms with van der Waals surface area (Å²) >= 11 is 3.36. The highest BCUT2D eigenvalue weighted by Crippen LogP contribution is 2.42. The first-order valence-corrected chi connectivity index (χ1v) is 6.55. The van der Waals surface area contributed by atoms with E-state index < -0.39 is 0 Å². The molecule has 1 saturated carbocycles. The fourth-order valence-electron chi connectivity index (χ4n) is 2.71. The monoisotopic (exact) mass is 285 g/mol. The Labute approximate surface area is 104 Å². The van der Waals surface area contributed by atoms with E-state index in [1.54, 1.807) is 0 Å². The van der Waals surface area contributed by atoms with Crippen molar-refractivity contribution in [2.75, 3.05) is 6.54 Å². The Kier molecular flexibility index (Phi) is 3.36. The van der Waals surface area contributed by atoms with Gasteiger partial charge in [0.2, 0.25) is 0 Å². The third-order valence-corrected chi connectivity index (χ3v) is 4.70. The first-order valence-electron chi connectivity index (χ1n) is 5.76. The third-order valence-electron chi connectivity index (χ3n) is 3.84. The Morgan fingerprint density at radius 2 is 2.00 bits per heavy atom. The molecule has 0 aliphatic heterocycles. The second-order valence-corrected chi connectivity index (χ2v) is 5.58. The topological polar surface area (TPSA) is 26.0 Å². The summed E-state index contributed by atoms with van der Waals surface area (Å²) in [4.78, 5) is 0. The van der Waals surface area contributed by atoms with Crippen molar-refractivity contribution in [1.82, 2.24) is 0 Å². The van der Waals surface area contributed by atoms with Crippen molar-refractivity contribution in [1.29, 1.82) is 0 Å². The second-order valence-electron chi connectivity index (χ2n) is 4.73. The van der Waals surface area contributed by atoms with Crippen molar-refractivity contribution in [3.05, 3.63) is 33.5 Å². The summed E-state index contributed by atoms with van der Waals surface area (Å²) in [5.74, 6) is -0.0817. The van der Waals surface area contributed by atoms with Crippen LogP contribution < -0.4 is 5.73 Å². The van der Waals surface area contributed by atoms with Crippen LogP contribution in [0.2, 0.25) is 0 Å². The predicted octanol–water partition coefficient (Wildman–Crippen LogP) is 3.67. The van der Waals surface area contributed by atoms with E-state index in [0.717, 1.165) is 35.7 Å². The van der Waals surface area contributed by atoms with Crippen molar-refractivity contribution >= 4 is 15.9 Å². The summed E-state index contributed by atoms with van der Waals surface area (Å²) < 4.78 is 15.1. The third kappa shape index (κ3) is 1.80. The average molecular weight is 286 g/mol. The number of rotatable bonds is 2. The van der Waals surface area contributed by atoms with E-state index in [9.17, 15) is 4.39 Å². The number of hydrogen-bond acceptors (Lipinski definition) is 1. The van der Waals surface area contributed by atoms with Crippen molar-refractivity contribution < 1.29 is 4.39 Å². The van der Waals surface area contributed by atoms with Crippen LogP contribution in [-0.2, 0) is 5.41 Å². The number of benzene rings is 1. The van der Waals surface area contributed by atoms with Gasteiger partial charge in [-0.1, -0.05) is 34.8 Å². The van der Waals surface area contributed by atoms with Crippen LogP contribution in [0.25, 0.3) is 0 Å². The molecule has 1 fully saturated rings. The predicted molar refractivity (Wildman–Crippen MR) is 68.0 cm³/mol. The van der Waals surface area contributed by atoms with Gasteiger partial charge >= 0.3 is 0 Å². The quantitative estimate of drug-likeness (QED) is 0.882. The minimum absolute atomic E-state index is 0.0817. The Morgan fingerprint density at radius 3 is 2.56 bits per heavy atom. The molecular formula is C13H17BrFN. The van der Waals surface area contributed by atoms with Crippen LogP contribution in [0, 0.1) is 12.7 Å². The van der Waals surface area contributed by atoms with Gasteiger partial charge < -0.3 is 5.73 Å². The van der Waals surface area contributed by atoms with Gasteiger partial charge in [0.15, 0.2) is 0 Å². The van der Waals surface area contributed by atoms with Gasteiger partial charge in [-0.05, 0) is 37.0 Å². The molecule has 1 aromatic rings. The molecule has 0 spiro atoms. The molecule has 0 saturated heterocycles. The highest BCUT2D eigenvalue weighted by Gasteiger charge is 2.36. The molecule has 3 heteroatoms. The summed E-state index contributed by atoms with van der Waals surface area (Å²) in [5, 5.41) is 0. The maximum Gasteiger partial charge on any atom is 0.131 e. The van der Waals surface area contributed by atoms with Gasteiger partial charge in [0.1, 0.15) is 5.82 Å². The molecule has 2 N–H and O–H groups in total. The van der Waals surface area contributed by atoms with Crippen LogP contribution in [0.4, 0.5) is 4.39 Å². The van der Waals surface area contributed by atoms with Crippen molar-refractivity contribution in [2.24, 2.45) is 5.73 Å². The van der Waals surface area contributed by atoms with Gasteiger partial charge in [-0.25, -0.2) is 4.39 Å². The first kappa shape index (κ1) is 12.1. The van der Waals surface area contributed by atoms with E-state index in [4.69, 9.17) is 5.73 Å². The van der Waals surface area contributed by atoms with Crippen molar-refractivity contribution in [2.45, 2.75) is 38.0 Å². The average Bonchev–Trinajstić information content (AvgIpc) is 2.76. The lowest BCUT2D eigenvalue weighted by Gasteiger charge is -2.29. The molecule has 1 aromatic carbocycles. The van der Waals surface area contributed by atoms with Crippen LogP contribution in [0.3, 0.4) is 0 Å². The standard InChI is InChI=1S/C13H17BrFN/c1-9-11(14)5-4-10(12(9)15)13(8-16)6-2-3-7-13/h4-5H,2-3,6-8,16H2,1H3. The minimum Gasteiger partial charge on any atom is -0.330 e. The number of halogens is 2. The zero-order valence-electron chi connectivity index (χ0n) is 9.52. The lowest BCUT2D eigenvalue weighted by Crippen LogP contribution is -2.33. The van der Waals surface area contributed by atoms with Crippen LogP contribution in [0.5, 0.6) is 0 Å². The zero-order chi connectivity index (χ0) is 11.8. The summed E-state index contributed by atoms with van der Waals surface area (Å²) in [6, 6.07) is 3.83. The Morgan fingerprint density at radius 1 is 1.38 bits per heavy atom. The molecule has 0 heterocycles. The maximum absolute atomic E-state index is 14.3. The fourth-order valence-corrected chi connectivity index (χ4v) is 3.01. The Hall–Kier alpha value is -0.410. The van der Waals surface area contributed by atoms with Gasteiger partial charge in [-0.15, -0.1) is 0 Å². The van der Waals surface area contributed by atoms with E-state index in [-0.39, 0.29) is 11.2 Å². The fraction of sp³-hybridized carbons (Fsp3) is 0.538. The summed E-state index contributed by atoms with van der Waals surface area (Å²) in [5.41, 5.74) is 7.27.